The number of furan rings is 1. The minimum atomic E-state index is -2.57. The number of pyridine rings is 2. The Bertz CT molecular complexity index is 2450. The lowest BCUT2D eigenvalue weighted by Crippen LogP contribution is -2.03. The van der Waals surface area contributed by atoms with E-state index < -0.39 is 25.5 Å². The highest BCUT2D eigenvalue weighted by Crippen LogP contribution is 2.43. The summed E-state index contributed by atoms with van der Waals surface area (Å²) >= 11 is 0. The molecule has 0 aliphatic carbocycles. The molecule has 7 aromatic rings. The van der Waals surface area contributed by atoms with E-state index in [1.54, 1.807) is 39.8 Å². The van der Waals surface area contributed by atoms with Crippen molar-refractivity contribution in [3.63, 3.8) is 0 Å². The van der Waals surface area contributed by atoms with Crippen LogP contribution in [0.2, 0.25) is 0 Å². The molecule has 0 amide bonds. The number of hydrogen-bond donors (Lipinski definition) is 0. The van der Waals surface area contributed by atoms with E-state index in [-0.39, 0.29) is 17.0 Å². The molecule has 0 spiro atoms. The van der Waals surface area contributed by atoms with E-state index in [2.05, 4.69) is 34.2 Å². The molecule has 0 bridgehead atoms. The van der Waals surface area contributed by atoms with Gasteiger partial charge in [-0.1, -0.05) is 107 Å². The minimum Gasteiger partial charge on any atom is -0.437 e. The third-order valence-corrected chi connectivity index (χ3v) is 8.35. The molecule has 3 nitrogen and oxygen atoms in total. The van der Waals surface area contributed by atoms with Gasteiger partial charge in [-0.15, -0.1) is 0 Å². The molecular weight excluding hydrogens is 548 g/mol. The number of benzene rings is 4. The first-order valence-electron chi connectivity index (χ1n) is 19.0. The predicted octanol–water partition coefficient (Wildman–Crippen LogP) is 11.9. The van der Waals surface area contributed by atoms with Gasteiger partial charge in [0.25, 0.3) is 0 Å². The maximum Gasteiger partial charge on any atom is 0.227 e. The highest BCUT2D eigenvalue weighted by molar-refractivity contribution is 6.08. The van der Waals surface area contributed by atoms with E-state index in [0.29, 0.717) is 49.9 Å². The lowest BCUT2D eigenvalue weighted by Gasteiger charge is -2.24. The molecule has 0 aliphatic rings. The molecule has 0 unspecified atom stereocenters. The summed E-state index contributed by atoms with van der Waals surface area (Å²) in [5.74, 6) is -2.40. The van der Waals surface area contributed by atoms with Crippen molar-refractivity contribution < 1.29 is 15.4 Å². The van der Waals surface area contributed by atoms with Gasteiger partial charge in [-0.3, -0.25) is 4.98 Å². The third kappa shape index (κ3) is 5.23. The van der Waals surface area contributed by atoms with Crippen LogP contribution in [0.1, 0.15) is 72.8 Å². The SMILES string of the molecule is [2H]C([2H])([2H])c1ccc2c(n1)oc1c(-c3cc(-c4c(C([2H])(C)C)cc(-c5ccc(-c6ccccc6)cc5)cc4C([2H])(C)C)c(C([2H])([2H])[2H])cn3)cccc12. The fourth-order valence-corrected chi connectivity index (χ4v) is 6.06. The average molecular weight is 595 g/mol. The lowest BCUT2D eigenvalue weighted by atomic mass is 9.81. The van der Waals surface area contributed by atoms with Crippen LogP contribution >= 0.6 is 0 Å². The van der Waals surface area contributed by atoms with Crippen LogP contribution in [-0.2, 0) is 0 Å². The van der Waals surface area contributed by atoms with Crippen molar-refractivity contribution in [3.05, 3.63) is 132 Å². The van der Waals surface area contributed by atoms with Gasteiger partial charge in [0, 0.05) is 39.2 Å². The van der Waals surface area contributed by atoms with E-state index in [1.807, 2.05) is 60.7 Å². The molecule has 0 N–H and O–H groups in total. The van der Waals surface area contributed by atoms with Gasteiger partial charge < -0.3 is 4.42 Å². The standard InChI is InChI=1S/C42H38N2O/c1-25(2)36-21-32(31-18-16-30(17-19-31)29-11-8-7-9-12-29)22-37(26(3)4)40(36)38-23-39(43-24-27(38)5)35-14-10-13-33-34-20-15-28(6)44-42(34)45-41(33)35/h7-26H,1-6H3/i5D3,6D3,25D,26D. The number of hydrogen-bond acceptors (Lipinski definition) is 3. The number of aryl methyl sites for hydroxylation is 2. The summed E-state index contributed by atoms with van der Waals surface area (Å²) in [5.41, 5.74) is 7.36. The van der Waals surface area contributed by atoms with Crippen molar-refractivity contribution in [2.24, 2.45) is 0 Å². The summed E-state index contributed by atoms with van der Waals surface area (Å²) < 4.78 is 74.0. The Morgan fingerprint density at radius 2 is 1.33 bits per heavy atom. The van der Waals surface area contributed by atoms with Crippen molar-refractivity contribution in [2.45, 2.75) is 53.2 Å². The van der Waals surface area contributed by atoms with Crippen molar-refractivity contribution >= 4 is 22.1 Å². The molecule has 222 valence electrons. The molecule has 0 saturated carbocycles. The zero-order valence-corrected chi connectivity index (χ0v) is 25.7. The van der Waals surface area contributed by atoms with Crippen molar-refractivity contribution in [3.8, 4) is 44.6 Å². The fourth-order valence-electron chi connectivity index (χ4n) is 6.06. The van der Waals surface area contributed by atoms with Crippen LogP contribution in [0.4, 0.5) is 0 Å². The van der Waals surface area contributed by atoms with Crippen LogP contribution in [0.25, 0.3) is 66.7 Å². The number of aromatic nitrogens is 2. The fraction of sp³-hybridized carbons (Fsp3) is 0.190. The van der Waals surface area contributed by atoms with Crippen molar-refractivity contribution in [2.75, 3.05) is 0 Å². The largest absolute Gasteiger partial charge is 0.437 e. The molecule has 0 atom stereocenters. The van der Waals surface area contributed by atoms with Gasteiger partial charge in [-0.2, -0.15) is 0 Å². The zero-order valence-electron chi connectivity index (χ0n) is 33.7. The summed E-state index contributed by atoms with van der Waals surface area (Å²) in [7, 11) is 0. The Morgan fingerprint density at radius 3 is 2.00 bits per heavy atom. The molecule has 0 fully saturated rings. The van der Waals surface area contributed by atoms with E-state index in [9.17, 15) is 2.74 Å². The zero-order chi connectivity index (χ0) is 38.1. The van der Waals surface area contributed by atoms with Crippen LogP contribution in [0.15, 0.2) is 114 Å². The maximum atomic E-state index is 9.37. The quantitative estimate of drug-likeness (QED) is 0.192. The van der Waals surface area contributed by atoms with Crippen LogP contribution < -0.4 is 0 Å². The van der Waals surface area contributed by atoms with Gasteiger partial charge in [-0.25, -0.2) is 4.98 Å². The number of nitrogens with zero attached hydrogens (tertiary/aromatic N) is 2. The molecule has 4 aromatic carbocycles. The molecule has 7 rings (SSSR count). The Labute approximate surface area is 276 Å². The van der Waals surface area contributed by atoms with Crippen LogP contribution in [0.3, 0.4) is 0 Å². The molecule has 0 radical (unpaired) electrons. The van der Waals surface area contributed by atoms with Crippen LogP contribution in [0, 0.1) is 13.7 Å². The van der Waals surface area contributed by atoms with Gasteiger partial charge in [0.1, 0.15) is 5.58 Å². The minimum absolute atomic E-state index is 0.00187. The molecule has 3 aromatic heterocycles. The molecule has 0 aliphatic heterocycles. The summed E-state index contributed by atoms with van der Waals surface area (Å²) in [6, 6.07) is 32.5. The topological polar surface area (TPSA) is 38.9 Å². The highest BCUT2D eigenvalue weighted by Gasteiger charge is 2.21. The first kappa shape index (κ1) is 20.8. The number of rotatable bonds is 6. The molecule has 45 heavy (non-hydrogen) atoms. The summed E-state index contributed by atoms with van der Waals surface area (Å²) in [5, 5.41) is 1.34. The van der Waals surface area contributed by atoms with Gasteiger partial charge >= 0.3 is 0 Å². The number of para-hydroxylation sites is 1. The first-order valence-corrected chi connectivity index (χ1v) is 15.0. The van der Waals surface area contributed by atoms with E-state index in [4.69, 9.17) is 12.6 Å². The lowest BCUT2D eigenvalue weighted by molar-refractivity contribution is 0.653. The Balaban J connectivity index is 1.47. The smallest absolute Gasteiger partial charge is 0.227 e. The first-order chi connectivity index (χ1) is 24.8. The Kier molecular flexibility index (Phi) is 5.32. The second kappa shape index (κ2) is 11.5. The van der Waals surface area contributed by atoms with Crippen molar-refractivity contribution in [1.82, 2.24) is 9.97 Å². The van der Waals surface area contributed by atoms with Crippen LogP contribution in [0.5, 0.6) is 0 Å². The summed E-state index contributed by atoms with van der Waals surface area (Å²) in [6.07, 6.45) is 1.35. The van der Waals surface area contributed by atoms with Gasteiger partial charge in [0.15, 0.2) is 0 Å². The van der Waals surface area contributed by atoms with E-state index in [1.165, 1.54) is 12.3 Å². The van der Waals surface area contributed by atoms with Gasteiger partial charge in [0.05, 0.1) is 5.69 Å². The summed E-state index contributed by atoms with van der Waals surface area (Å²) in [6.45, 7) is 2.08. The van der Waals surface area contributed by atoms with E-state index in [0.717, 1.165) is 22.3 Å². The predicted molar refractivity (Wildman–Crippen MR) is 189 cm³/mol. The van der Waals surface area contributed by atoms with Gasteiger partial charge in [-0.05, 0) is 99.8 Å². The normalized spacial score (nSPS) is 15.4. The maximum absolute atomic E-state index is 9.37. The van der Waals surface area contributed by atoms with Crippen molar-refractivity contribution in [1.29, 1.82) is 0 Å². The second-order valence-corrected chi connectivity index (χ2v) is 11.8. The van der Waals surface area contributed by atoms with Gasteiger partial charge in [0.2, 0.25) is 5.71 Å². The third-order valence-electron chi connectivity index (χ3n) is 8.35. The Morgan fingerprint density at radius 1 is 0.644 bits per heavy atom. The molecule has 3 heteroatoms. The molecule has 3 heterocycles. The Hall–Kier alpha value is -5.02. The molecule has 0 saturated heterocycles. The number of fused-ring (bicyclic) bond motifs is 3. The summed E-state index contributed by atoms with van der Waals surface area (Å²) in [4.78, 5) is 8.93. The van der Waals surface area contributed by atoms with E-state index >= 15 is 0 Å². The average Bonchev–Trinajstić information content (AvgIpc) is 3.48. The van der Waals surface area contributed by atoms with Crippen LogP contribution in [-0.4, -0.2) is 9.97 Å². The highest BCUT2D eigenvalue weighted by atomic mass is 16.3. The molecular formula is C42H38N2O. The second-order valence-electron chi connectivity index (χ2n) is 11.8. The monoisotopic (exact) mass is 594 g/mol.